The second-order valence-electron chi connectivity index (χ2n) is 11.0. The van der Waals surface area contributed by atoms with Crippen molar-refractivity contribution >= 4 is 11.8 Å². The van der Waals surface area contributed by atoms with Gasteiger partial charge in [-0.1, -0.05) is 96.5 Å². The van der Waals surface area contributed by atoms with Gasteiger partial charge in [-0.2, -0.15) is 0 Å². The number of halogens is 1. The van der Waals surface area contributed by atoms with Gasteiger partial charge < -0.3 is 38.2 Å². The molecule has 1 aromatic carbocycles. The third-order valence-corrected chi connectivity index (χ3v) is 7.63. The Morgan fingerprint density at radius 3 is 1.93 bits per heavy atom. The summed E-state index contributed by atoms with van der Waals surface area (Å²) in [5, 5.41) is 0. The van der Waals surface area contributed by atoms with Crippen LogP contribution in [-0.2, 0) is 22.7 Å². The number of amides is 2. The lowest BCUT2D eigenvalue weighted by atomic mass is 10.0. The Morgan fingerprint density at radius 2 is 1.37 bits per heavy atom. The van der Waals surface area contributed by atoms with Crippen molar-refractivity contribution in [3.8, 4) is 17.2 Å². The lowest BCUT2D eigenvalue weighted by Crippen LogP contribution is -3.00. The number of hydrogen-bond acceptors (Lipinski definition) is 5. The van der Waals surface area contributed by atoms with E-state index in [1.807, 2.05) is 35.9 Å². The first kappa shape index (κ1) is 38.7. The van der Waals surface area contributed by atoms with Gasteiger partial charge in [-0.3, -0.25) is 14.5 Å². The Bertz CT molecular complexity index is 1050. The van der Waals surface area contributed by atoms with Crippen LogP contribution in [0.5, 0.6) is 17.2 Å². The Morgan fingerprint density at radius 1 is 0.767 bits per heavy atom. The fourth-order valence-corrected chi connectivity index (χ4v) is 5.06. The minimum atomic E-state index is -0.397. The van der Waals surface area contributed by atoms with Crippen LogP contribution in [0.15, 0.2) is 42.6 Å². The van der Waals surface area contributed by atoms with Gasteiger partial charge in [0.05, 0.1) is 13.7 Å². The summed E-state index contributed by atoms with van der Waals surface area (Å²) < 4.78 is 19.2. The van der Waals surface area contributed by atoms with Gasteiger partial charge in [-0.25, -0.2) is 4.57 Å². The summed E-state index contributed by atoms with van der Waals surface area (Å²) in [5.41, 5.74) is 0.880. The molecule has 2 rings (SSSR count). The van der Waals surface area contributed by atoms with Crippen LogP contribution >= 0.6 is 0 Å². The van der Waals surface area contributed by atoms with Gasteiger partial charge in [0, 0.05) is 25.1 Å². The molecule has 242 valence electrons. The first-order valence-electron chi connectivity index (χ1n) is 16.2. The molecular weight excluding hydrogens is 655 g/mol. The predicted octanol–water partition coefficient (Wildman–Crippen LogP) is 4.82. The Kier molecular flexibility index (Phi) is 21.6. The molecule has 0 N–H and O–H groups in total. The molecule has 0 unspecified atom stereocenters. The standard InChI is InChI=1S/C35H55N2O5.HI/c1-5-7-8-9-10-11-12-13-14-15-16-17-18-21-26-41-33-24-23-32(27-34(33)40-4)42-29-35(39)37(30(3)38)28-31-22-19-20-25-36(31)6-2;/h19-20,22-25,27H,5-18,21,26,28-29H2,1-4H3;1H/q+1;/p-1. The normalized spacial score (nSPS) is 10.6. The maximum Gasteiger partial charge on any atom is 0.267 e. The highest BCUT2D eigenvalue weighted by Gasteiger charge is 2.23. The average molecular weight is 711 g/mol. The molecule has 0 radical (unpaired) electrons. The van der Waals surface area contributed by atoms with Crippen molar-refractivity contribution in [1.29, 1.82) is 0 Å². The maximum atomic E-state index is 12.9. The second-order valence-corrected chi connectivity index (χ2v) is 11.0. The number of benzene rings is 1. The smallest absolute Gasteiger partial charge is 0.267 e. The predicted molar refractivity (Wildman–Crippen MR) is 168 cm³/mol. The number of nitrogens with zero attached hydrogens (tertiary/aromatic N) is 2. The van der Waals surface area contributed by atoms with Crippen molar-refractivity contribution in [2.24, 2.45) is 0 Å². The number of aryl methyl sites for hydroxylation is 1. The van der Waals surface area contributed by atoms with Crippen LogP contribution in [0.1, 0.15) is 116 Å². The molecule has 0 saturated heterocycles. The van der Waals surface area contributed by atoms with E-state index in [0.717, 1.165) is 25.1 Å². The van der Waals surface area contributed by atoms with Crippen LogP contribution < -0.4 is 42.8 Å². The zero-order valence-corrected chi connectivity index (χ0v) is 29.2. The summed E-state index contributed by atoms with van der Waals surface area (Å²) in [6.07, 6.45) is 20.5. The second kappa shape index (κ2) is 24.0. The molecular formula is C35H55IN2O5. The number of pyridine rings is 1. The Hall–Kier alpha value is -2.36. The summed E-state index contributed by atoms with van der Waals surface area (Å²) in [6.45, 7) is 7.02. The van der Waals surface area contributed by atoms with E-state index in [1.54, 1.807) is 25.3 Å². The number of rotatable bonds is 23. The number of ether oxygens (including phenoxy) is 3. The molecule has 0 saturated carbocycles. The summed E-state index contributed by atoms with van der Waals surface area (Å²) in [4.78, 5) is 26.3. The molecule has 0 aliphatic heterocycles. The van der Waals surface area contributed by atoms with Crippen molar-refractivity contribution in [3.05, 3.63) is 48.3 Å². The van der Waals surface area contributed by atoms with E-state index in [-0.39, 0.29) is 43.0 Å². The maximum absolute atomic E-state index is 12.9. The van der Waals surface area contributed by atoms with Gasteiger partial charge in [0.2, 0.25) is 11.6 Å². The minimum Gasteiger partial charge on any atom is -1.00 e. The van der Waals surface area contributed by atoms with Crippen LogP contribution in [0.25, 0.3) is 0 Å². The van der Waals surface area contributed by atoms with E-state index >= 15 is 0 Å². The van der Waals surface area contributed by atoms with E-state index < -0.39 is 5.91 Å². The average Bonchev–Trinajstić information content (AvgIpc) is 3.00. The lowest BCUT2D eigenvalue weighted by Gasteiger charge is -2.19. The van der Waals surface area contributed by atoms with Crippen molar-refractivity contribution in [2.75, 3.05) is 20.3 Å². The van der Waals surface area contributed by atoms with Gasteiger partial charge in [-0.05, 0) is 25.5 Å². The number of unbranched alkanes of at least 4 members (excludes halogenated alkanes) is 13. The van der Waals surface area contributed by atoms with Crippen LogP contribution in [0.2, 0.25) is 0 Å². The van der Waals surface area contributed by atoms with Crippen molar-refractivity contribution in [2.45, 2.75) is 124 Å². The van der Waals surface area contributed by atoms with E-state index in [4.69, 9.17) is 14.2 Å². The summed E-state index contributed by atoms with van der Waals surface area (Å²) >= 11 is 0. The molecule has 7 nitrogen and oxygen atoms in total. The molecule has 43 heavy (non-hydrogen) atoms. The number of aromatic nitrogens is 1. The SMILES string of the molecule is CCCCCCCCCCCCCCCCOc1ccc(OCC(=O)N(Cc2cccc[n+]2CC)C(C)=O)cc1OC.[I-]. The molecule has 1 aromatic heterocycles. The van der Waals surface area contributed by atoms with Crippen LogP contribution in [-0.4, -0.2) is 37.0 Å². The number of carbonyl (C=O) groups is 2. The number of methoxy groups -OCH3 is 1. The van der Waals surface area contributed by atoms with Crippen LogP contribution in [0.3, 0.4) is 0 Å². The van der Waals surface area contributed by atoms with Gasteiger partial charge >= 0.3 is 0 Å². The number of imide groups is 1. The number of hydrogen-bond donors (Lipinski definition) is 0. The highest BCUT2D eigenvalue weighted by molar-refractivity contribution is 5.94. The van der Waals surface area contributed by atoms with E-state index in [9.17, 15) is 9.59 Å². The highest BCUT2D eigenvalue weighted by atomic mass is 127. The molecule has 0 atom stereocenters. The summed E-state index contributed by atoms with van der Waals surface area (Å²) in [6, 6.07) is 11.0. The first-order chi connectivity index (χ1) is 20.5. The third kappa shape index (κ3) is 15.8. The molecule has 8 heteroatoms. The minimum absolute atomic E-state index is 0. The lowest BCUT2D eigenvalue weighted by molar-refractivity contribution is -0.701. The zero-order chi connectivity index (χ0) is 30.4. The van der Waals surface area contributed by atoms with Crippen LogP contribution in [0, 0.1) is 0 Å². The molecule has 2 amide bonds. The quantitative estimate of drug-likeness (QED) is 0.0941. The van der Waals surface area contributed by atoms with E-state index in [0.29, 0.717) is 23.9 Å². The largest absolute Gasteiger partial charge is 1.00 e. The van der Waals surface area contributed by atoms with Gasteiger partial charge in [-0.15, -0.1) is 0 Å². The van der Waals surface area contributed by atoms with Gasteiger partial charge in [0.25, 0.3) is 5.91 Å². The molecule has 0 bridgehead atoms. The monoisotopic (exact) mass is 710 g/mol. The third-order valence-electron chi connectivity index (χ3n) is 7.63. The molecule has 2 aromatic rings. The topological polar surface area (TPSA) is 69.0 Å². The molecule has 0 fully saturated rings. The van der Waals surface area contributed by atoms with Crippen molar-refractivity contribution < 1.29 is 52.3 Å². The van der Waals surface area contributed by atoms with Gasteiger partial charge in [0.15, 0.2) is 24.3 Å². The number of carbonyl (C=O) groups excluding carboxylic acids is 2. The molecule has 0 aliphatic carbocycles. The van der Waals surface area contributed by atoms with Crippen molar-refractivity contribution in [3.63, 3.8) is 0 Å². The molecule has 0 aliphatic rings. The van der Waals surface area contributed by atoms with Crippen LogP contribution in [0.4, 0.5) is 0 Å². The first-order valence-corrected chi connectivity index (χ1v) is 16.2. The fraction of sp³-hybridized carbons (Fsp3) is 0.629. The summed E-state index contributed by atoms with van der Waals surface area (Å²) in [7, 11) is 1.59. The molecule has 1 heterocycles. The zero-order valence-electron chi connectivity index (χ0n) is 27.1. The van der Waals surface area contributed by atoms with Gasteiger partial charge in [0.1, 0.15) is 18.8 Å². The highest BCUT2D eigenvalue weighted by Crippen LogP contribution is 2.31. The fourth-order valence-electron chi connectivity index (χ4n) is 5.06. The van der Waals surface area contributed by atoms with E-state index in [1.165, 1.54) is 88.9 Å². The summed E-state index contributed by atoms with van der Waals surface area (Å²) in [5.74, 6) is 0.980. The van der Waals surface area contributed by atoms with E-state index in [2.05, 4.69) is 6.92 Å². The molecule has 0 spiro atoms. The Balaban J connectivity index is 0.00000924. The van der Waals surface area contributed by atoms with Crippen molar-refractivity contribution in [1.82, 2.24) is 4.90 Å². The Labute approximate surface area is 277 Å².